The van der Waals surface area contributed by atoms with Crippen LogP contribution in [0.1, 0.15) is 92.2 Å². The topological polar surface area (TPSA) is 6.48 Å². The Bertz CT molecular complexity index is 2100. The number of nitrogens with zero attached hydrogens (tertiary/aromatic N) is 2. The molecule has 1 aliphatic heterocycles. The molecule has 0 radical (unpaired) electrons. The largest absolute Gasteiger partial charge is 0.345 e. The van der Waals surface area contributed by atoms with Crippen molar-refractivity contribution in [3.63, 3.8) is 0 Å². The fourth-order valence-corrected chi connectivity index (χ4v) is 7.95. The van der Waals surface area contributed by atoms with Gasteiger partial charge in [0.25, 0.3) is 0 Å². The predicted octanol–water partition coefficient (Wildman–Crippen LogP) is 17.7. The van der Waals surface area contributed by atoms with E-state index in [4.69, 9.17) is 0 Å². The van der Waals surface area contributed by atoms with E-state index in [9.17, 15) is 0 Å². The molecule has 1 atom stereocenters. The minimum Gasteiger partial charge on any atom is -0.345 e. The first-order valence-corrected chi connectivity index (χ1v) is 22.8. The van der Waals surface area contributed by atoms with Gasteiger partial charge >= 0.3 is 0 Å². The highest BCUT2D eigenvalue weighted by molar-refractivity contribution is 5.88. The quantitative estimate of drug-likeness (QED) is 0.104. The van der Waals surface area contributed by atoms with E-state index in [1.54, 1.807) is 6.08 Å². The van der Waals surface area contributed by atoms with Crippen LogP contribution in [0.3, 0.4) is 0 Å². The lowest BCUT2D eigenvalue weighted by atomic mass is 9.63. The average molecular weight is 839 g/mol. The van der Waals surface area contributed by atoms with E-state index in [2.05, 4.69) is 227 Å². The molecule has 0 aromatic heterocycles. The first kappa shape index (κ1) is 53.0. The molecule has 1 heterocycles. The van der Waals surface area contributed by atoms with Crippen LogP contribution in [0.2, 0.25) is 0 Å². The Hall–Kier alpha value is -6.12. The van der Waals surface area contributed by atoms with Crippen molar-refractivity contribution in [3.05, 3.63) is 242 Å². The lowest BCUT2D eigenvalue weighted by Gasteiger charge is -2.46. The van der Waals surface area contributed by atoms with E-state index in [0.717, 1.165) is 28.8 Å². The summed E-state index contributed by atoms with van der Waals surface area (Å²) in [7, 11) is 4.16. The third-order valence-corrected chi connectivity index (χ3v) is 11.3. The number of anilines is 2. The molecule has 2 aliphatic rings. The van der Waals surface area contributed by atoms with Gasteiger partial charge in [-0.1, -0.05) is 219 Å². The highest BCUT2D eigenvalue weighted by Gasteiger charge is 2.52. The average Bonchev–Trinajstić information content (AvgIpc) is 3.60. The summed E-state index contributed by atoms with van der Waals surface area (Å²) in [6.45, 7) is 36.9. The number of unbranched alkanes of at least 4 members (excludes halogenated alkanes) is 1. The van der Waals surface area contributed by atoms with Crippen LogP contribution in [0.15, 0.2) is 231 Å². The Kier molecular flexibility index (Phi) is 24.0. The molecule has 0 amide bonds. The number of para-hydroxylation sites is 2. The summed E-state index contributed by atoms with van der Waals surface area (Å²) in [5.41, 5.74) is 13.0. The van der Waals surface area contributed by atoms with Crippen molar-refractivity contribution in [3.8, 4) is 11.1 Å². The van der Waals surface area contributed by atoms with Gasteiger partial charge in [0.2, 0.25) is 0 Å². The summed E-state index contributed by atoms with van der Waals surface area (Å²) in [4.78, 5) is 4.36. The molecular weight excluding hydrogens is 761 g/mol. The second kappa shape index (κ2) is 28.5. The Balaban J connectivity index is 0.000000325. The summed E-state index contributed by atoms with van der Waals surface area (Å²) in [6.07, 6.45) is 25.2. The van der Waals surface area contributed by atoms with E-state index in [1.807, 2.05) is 49.4 Å². The smallest absolute Gasteiger partial charge is 0.0750 e. The summed E-state index contributed by atoms with van der Waals surface area (Å²) >= 11 is 0. The monoisotopic (exact) mass is 839 g/mol. The molecule has 6 rings (SSSR count). The number of fused-ring (bicyclic) bond motifs is 5. The maximum absolute atomic E-state index is 4.22. The molecule has 332 valence electrons. The second-order valence-electron chi connectivity index (χ2n) is 15.9. The Morgan fingerprint density at radius 2 is 1.21 bits per heavy atom. The number of rotatable bonds is 12. The van der Waals surface area contributed by atoms with Crippen molar-refractivity contribution in [1.82, 2.24) is 4.90 Å². The minimum atomic E-state index is -0.408. The van der Waals surface area contributed by atoms with E-state index in [-0.39, 0.29) is 0 Å². The van der Waals surface area contributed by atoms with E-state index >= 15 is 0 Å². The van der Waals surface area contributed by atoms with Crippen LogP contribution in [0.5, 0.6) is 0 Å². The van der Waals surface area contributed by atoms with Crippen LogP contribution in [-0.2, 0) is 5.41 Å². The zero-order chi connectivity index (χ0) is 46.8. The lowest BCUT2D eigenvalue weighted by Crippen LogP contribution is -2.40. The van der Waals surface area contributed by atoms with E-state index in [1.165, 1.54) is 70.5 Å². The van der Waals surface area contributed by atoms with Gasteiger partial charge in [-0.25, -0.2) is 0 Å². The van der Waals surface area contributed by atoms with Crippen LogP contribution in [-0.4, -0.2) is 19.0 Å². The van der Waals surface area contributed by atoms with Crippen LogP contribution in [0.25, 0.3) is 11.1 Å². The van der Waals surface area contributed by atoms with Gasteiger partial charge in [-0.15, -0.1) is 6.58 Å². The first-order valence-electron chi connectivity index (χ1n) is 22.8. The fraction of sp³-hybridized carbons (Fsp3) is 0.279. The van der Waals surface area contributed by atoms with Crippen LogP contribution in [0, 0.1) is 11.8 Å². The molecule has 0 N–H and O–H groups in total. The van der Waals surface area contributed by atoms with Crippen molar-refractivity contribution in [2.24, 2.45) is 11.8 Å². The van der Waals surface area contributed by atoms with Crippen molar-refractivity contribution in [2.45, 2.75) is 86.5 Å². The highest BCUT2D eigenvalue weighted by atomic mass is 15.1. The zero-order valence-electron chi connectivity index (χ0n) is 40.6. The SMILES string of the molecule is C=C/C=C1\C(=C/C)C2(C(C=C)=C(C=C)N1C)c1ccccc1-c1ccccc12.C=C/C=C\C(C)=C/C.C=CC(CCCC)C(C)C.CCC.CN(c1ccccc1)c1ccccc1. The molecule has 2 nitrogen and oxygen atoms in total. The van der Waals surface area contributed by atoms with Gasteiger partial charge in [0, 0.05) is 36.9 Å². The molecule has 1 aliphatic carbocycles. The number of benzene rings is 4. The zero-order valence-corrected chi connectivity index (χ0v) is 40.6. The predicted molar refractivity (Wildman–Crippen MR) is 284 cm³/mol. The van der Waals surface area contributed by atoms with E-state index in [0.29, 0.717) is 0 Å². The number of hydrogen-bond acceptors (Lipinski definition) is 2. The van der Waals surface area contributed by atoms with Gasteiger partial charge in [-0.3, -0.25) is 0 Å². The van der Waals surface area contributed by atoms with Crippen LogP contribution >= 0.6 is 0 Å². The number of hydrogen-bond donors (Lipinski definition) is 0. The normalized spacial score (nSPS) is 15.0. The Labute approximate surface area is 385 Å². The van der Waals surface area contributed by atoms with Gasteiger partial charge in [0.15, 0.2) is 0 Å². The van der Waals surface area contributed by atoms with Gasteiger partial charge in [-0.2, -0.15) is 0 Å². The summed E-state index contributed by atoms with van der Waals surface area (Å²) in [6, 6.07) is 38.1. The first-order chi connectivity index (χ1) is 30.5. The number of allylic oxidation sites excluding steroid dienone is 13. The summed E-state index contributed by atoms with van der Waals surface area (Å²) < 4.78 is 0. The van der Waals surface area contributed by atoms with E-state index < -0.39 is 5.41 Å². The Morgan fingerprint density at radius 1 is 0.714 bits per heavy atom. The molecule has 0 saturated carbocycles. The standard InChI is InChI=1S/C27H25N.C13H13N.C10H20.C8H12.C3H8/c1-6-14-26-22(8-3)27(21(7-2)25(9-4)28(26)5)23-17-12-10-15-19(23)20-16-11-13-18-24(20)27;1-14(12-8-4-2-5-9-12)13-10-6-3-7-11-13;1-5-7-8-10(6-2)9(3)4;1-4-6-7-8(3)5-2;1-3-2/h6-18H,1-2,4H2,3,5H3;2-11H,1H3;6,9-10H,2,5,7-8H2,1,3-4H3;4-7H,1H2,2-3H3;3H2,1-2H3/b22-8+,26-14+;;;7-6-,8-5-;. The van der Waals surface area contributed by atoms with Crippen molar-refractivity contribution < 1.29 is 0 Å². The third-order valence-electron chi connectivity index (χ3n) is 11.3. The van der Waals surface area contributed by atoms with Crippen molar-refractivity contribution >= 4 is 11.4 Å². The summed E-state index contributed by atoms with van der Waals surface area (Å²) in [5, 5.41) is 0. The Morgan fingerprint density at radius 3 is 1.59 bits per heavy atom. The molecule has 63 heavy (non-hydrogen) atoms. The second-order valence-corrected chi connectivity index (χ2v) is 15.9. The molecular formula is C61H78N2. The highest BCUT2D eigenvalue weighted by Crippen LogP contribution is 2.61. The molecule has 4 aromatic carbocycles. The van der Waals surface area contributed by atoms with Gasteiger partial charge < -0.3 is 9.80 Å². The van der Waals surface area contributed by atoms with Gasteiger partial charge in [-0.05, 0) is 109 Å². The molecule has 2 heteroatoms. The maximum atomic E-state index is 4.22. The molecule has 1 unspecified atom stereocenters. The lowest BCUT2D eigenvalue weighted by molar-refractivity contribution is 0.423. The third kappa shape index (κ3) is 13.7. The maximum Gasteiger partial charge on any atom is 0.0750 e. The molecule has 0 saturated heterocycles. The minimum absolute atomic E-state index is 0.408. The van der Waals surface area contributed by atoms with Crippen LogP contribution in [0.4, 0.5) is 11.4 Å². The van der Waals surface area contributed by atoms with Crippen molar-refractivity contribution in [2.75, 3.05) is 19.0 Å². The molecule has 0 fully saturated rings. The fourth-order valence-electron chi connectivity index (χ4n) is 7.95. The number of likely N-dealkylation sites (N-methyl/N-ethyl adjacent to an activating group) is 1. The molecule has 1 spiro atoms. The molecule has 4 aromatic rings. The van der Waals surface area contributed by atoms with Crippen molar-refractivity contribution in [1.29, 1.82) is 0 Å². The van der Waals surface area contributed by atoms with Crippen LogP contribution < -0.4 is 4.90 Å². The van der Waals surface area contributed by atoms with Gasteiger partial charge in [0.05, 0.1) is 5.41 Å². The summed E-state index contributed by atoms with van der Waals surface area (Å²) in [5.74, 6) is 1.50. The van der Waals surface area contributed by atoms with Gasteiger partial charge in [0.1, 0.15) is 0 Å². The molecule has 0 bridgehead atoms.